The van der Waals surface area contributed by atoms with E-state index in [2.05, 4.69) is 11.3 Å². The summed E-state index contributed by atoms with van der Waals surface area (Å²) in [6.45, 7) is 5.64. The van der Waals surface area contributed by atoms with E-state index in [-0.39, 0.29) is 31.5 Å². The number of Topliss-reactive ketones (excluding diaryl/α,β-unsaturated/α-hetero) is 1. The van der Waals surface area contributed by atoms with E-state index in [0.717, 1.165) is 6.92 Å². The molecule has 4 nitrogen and oxygen atoms in total. The Morgan fingerprint density at radius 1 is 1.17 bits per heavy atom. The number of rotatable bonds is 2. The van der Waals surface area contributed by atoms with Gasteiger partial charge in [-0.25, -0.2) is 9.59 Å². The van der Waals surface area contributed by atoms with Crippen LogP contribution in [-0.4, -0.2) is 40.8 Å². The van der Waals surface area contributed by atoms with Gasteiger partial charge in [0.1, 0.15) is 0 Å². The zero-order valence-corrected chi connectivity index (χ0v) is 8.46. The molecular formula is C7H10MgO4. The molecule has 0 aromatic rings. The molecule has 0 bridgehead atoms. The maximum atomic E-state index is 10.6. The third-order valence-electron chi connectivity index (χ3n) is 0.821. The Kier molecular flexibility index (Phi) is 6.83. The molecule has 64 valence electrons. The molecule has 0 atom stereocenters. The topological polar surface area (TPSA) is 60.4 Å². The van der Waals surface area contributed by atoms with Crippen LogP contribution in [0.4, 0.5) is 0 Å². The Hall–Kier alpha value is -0.684. The molecule has 0 amide bonds. The van der Waals surface area contributed by atoms with Crippen molar-refractivity contribution in [3.63, 3.8) is 0 Å². The molecular weight excluding hydrogens is 172 g/mol. The van der Waals surface area contributed by atoms with Gasteiger partial charge in [-0.15, -0.1) is 0 Å². The van der Waals surface area contributed by atoms with Gasteiger partial charge in [-0.05, 0) is 6.92 Å². The summed E-state index contributed by atoms with van der Waals surface area (Å²) in [4.78, 5) is 31.2. The maximum Gasteiger partial charge on any atom is 2.00 e. The number of hydrogen-bond donors (Lipinski definition) is 0. The third-order valence-corrected chi connectivity index (χ3v) is 0.821. The fourth-order valence-electron chi connectivity index (χ4n) is 0.243. The van der Waals surface area contributed by atoms with Crippen LogP contribution in [0.25, 0.3) is 0 Å². The third kappa shape index (κ3) is 5.03. The van der Waals surface area contributed by atoms with Crippen molar-refractivity contribution in [2.24, 2.45) is 0 Å². The number of hydrogen-bond acceptors (Lipinski definition) is 4. The molecule has 12 heavy (non-hydrogen) atoms. The van der Waals surface area contributed by atoms with E-state index in [1.54, 1.807) is 0 Å². The van der Waals surface area contributed by atoms with Gasteiger partial charge in [0.05, 0.1) is 0 Å². The predicted octanol–water partition coefficient (Wildman–Crippen LogP) is 0.0655. The largest absolute Gasteiger partial charge is 2.00 e. The van der Waals surface area contributed by atoms with Gasteiger partial charge in [0.15, 0.2) is 0 Å². The quantitative estimate of drug-likeness (QED) is 0.199. The first kappa shape index (κ1) is 13.9. The van der Waals surface area contributed by atoms with Crippen LogP contribution in [0.2, 0.25) is 0 Å². The van der Waals surface area contributed by atoms with Gasteiger partial charge in [0, 0.05) is 12.5 Å². The Morgan fingerprint density at radius 2 is 1.58 bits per heavy atom. The Balaban J connectivity index is -0.000000167. The van der Waals surface area contributed by atoms with Crippen molar-refractivity contribution in [2.45, 2.75) is 13.8 Å². The van der Waals surface area contributed by atoms with Gasteiger partial charge < -0.3 is 7.59 Å². The molecule has 0 aliphatic heterocycles. The van der Waals surface area contributed by atoms with Gasteiger partial charge in [-0.2, -0.15) is 0 Å². The average molecular weight is 182 g/mol. The summed E-state index contributed by atoms with van der Waals surface area (Å²) in [6, 6.07) is 0. The van der Waals surface area contributed by atoms with Crippen LogP contribution in [0.1, 0.15) is 16.7 Å². The number of carbonyl (C=O) groups excluding carboxylic acids is 3. The van der Waals surface area contributed by atoms with Crippen molar-refractivity contribution in [1.29, 1.82) is 0 Å². The smallest absolute Gasteiger partial charge is 1.00 e. The first-order valence-corrected chi connectivity index (χ1v) is 2.87. The minimum Gasteiger partial charge on any atom is -1.00 e. The SMILES string of the molecule is C=C(C)C(=O)OC(=O)C(C)=O.[H-].[H-].[Mg+2]. The normalized spacial score (nSPS) is 7.83. The molecule has 0 N–H and O–H groups in total. The second-order valence-electron chi connectivity index (χ2n) is 2.01. The summed E-state index contributed by atoms with van der Waals surface area (Å²) in [5.74, 6) is -2.83. The molecule has 0 aliphatic carbocycles. The van der Waals surface area contributed by atoms with Crippen molar-refractivity contribution < 1.29 is 22.0 Å². The Bertz CT molecular complexity index is 216. The minimum absolute atomic E-state index is 0. The Labute approximate surface area is 89.1 Å². The molecule has 0 aromatic carbocycles. The van der Waals surface area contributed by atoms with Gasteiger partial charge in [0.2, 0.25) is 5.78 Å². The molecule has 0 aliphatic rings. The first-order valence-electron chi connectivity index (χ1n) is 2.87. The van der Waals surface area contributed by atoms with Crippen LogP contribution in [0.3, 0.4) is 0 Å². The summed E-state index contributed by atoms with van der Waals surface area (Å²) in [6.07, 6.45) is 0. The summed E-state index contributed by atoms with van der Waals surface area (Å²) in [7, 11) is 0. The fourth-order valence-corrected chi connectivity index (χ4v) is 0.243. The van der Waals surface area contributed by atoms with Crippen molar-refractivity contribution in [1.82, 2.24) is 0 Å². The molecule has 0 saturated heterocycles. The molecule has 0 heterocycles. The second kappa shape index (κ2) is 5.90. The zero-order chi connectivity index (χ0) is 9.02. The van der Waals surface area contributed by atoms with Crippen molar-refractivity contribution >= 4 is 40.8 Å². The average Bonchev–Trinajstić information content (AvgIpc) is 1.87. The van der Waals surface area contributed by atoms with Crippen LogP contribution >= 0.6 is 0 Å². The van der Waals surface area contributed by atoms with Crippen LogP contribution in [-0.2, 0) is 19.1 Å². The van der Waals surface area contributed by atoms with Crippen molar-refractivity contribution in [2.75, 3.05) is 0 Å². The van der Waals surface area contributed by atoms with E-state index < -0.39 is 17.7 Å². The monoisotopic (exact) mass is 182 g/mol. The first-order chi connectivity index (χ1) is 4.95. The van der Waals surface area contributed by atoms with E-state index >= 15 is 0 Å². The number of ether oxygens (including phenoxy) is 1. The molecule has 0 rings (SSSR count). The molecule has 5 heteroatoms. The Morgan fingerprint density at radius 3 is 1.83 bits per heavy atom. The number of ketones is 1. The van der Waals surface area contributed by atoms with Crippen LogP contribution in [0.5, 0.6) is 0 Å². The predicted molar refractivity (Wildman–Crippen MR) is 44.6 cm³/mol. The van der Waals surface area contributed by atoms with Gasteiger partial charge >= 0.3 is 35.0 Å². The minimum atomic E-state index is -1.15. The van der Waals surface area contributed by atoms with Crippen LogP contribution in [0.15, 0.2) is 12.2 Å². The summed E-state index contributed by atoms with van der Waals surface area (Å²) < 4.78 is 4.05. The van der Waals surface area contributed by atoms with Crippen molar-refractivity contribution in [3.8, 4) is 0 Å². The van der Waals surface area contributed by atoms with E-state index in [0.29, 0.717) is 0 Å². The van der Waals surface area contributed by atoms with Gasteiger partial charge in [0.25, 0.3) is 0 Å². The molecule has 0 spiro atoms. The molecule has 0 radical (unpaired) electrons. The molecule has 0 saturated carbocycles. The standard InChI is InChI=1S/C7H8O4.Mg.2H/c1-4(2)6(9)11-7(10)5(3)8;;;/h1H2,2-3H3;;;/q;+2;2*-1. The molecule has 0 fully saturated rings. The van der Waals surface area contributed by atoms with Crippen molar-refractivity contribution in [3.05, 3.63) is 12.2 Å². The fraction of sp³-hybridized carbons (Fsp3) is 0.286. The molecule has 0 aromatic heterocycles. The van der Waals surface area contributed by atoms with E-state index in [1.165, 1.54) is 6.92 Å². The summed E-state index contributed by atoms with van der Waals surface area (Å²) >= 11 is 0. The second-order valence-corrected chi connectivity index (χ2v) is 2.01. The van der Waals surface area contributed by atoms with E-state index in [1.807, 2.05) is 0 Å². The maximum absolute atomic E-state index is 10.6. The van der Waals surface area contributed by atoms with Crippen LogP contribution < -0.4 is 0 Å². The summed E-state index contributed by atoms with van der Waals surface area (Å²) in [5, 5.41) is 0. The summed E-state index contributed by atoms with van der Waals surface area (Å²) in [5.41, 5.74) is 0.0830. The molecule has 0 unspecified atom stereocenters. The number of esters is 2. The van der Waals surface area contributed by atoms with Gasteiger partial charge in [-0.3, -0.25) is 4.79 Å². The van der Waals surface area contributed by atoms with Gasteiger partial charge in [-0.1, -0.05) is 6.58 Å². The number of carbonyl (C=O) groups is 3. The van der Waals surface area contributed by atoms with E-state index in [9.17, 15) is 14.4 Å². The zero-order valence-electron chi connectivity index (χ0n) is 9.05. The van der Waals surface area contributed by atoms with Crippen LogP contribution in [0, 0.1) is 0 Å². The van der Waals surface area contributed by atoms with E-state index in [4.69, 9.17) is 0 Å².